The van der Waals surface area contributed by atoms with E-state index in [0.29, 0.717) is 12.1 Å². The van der Waals surface area contributed by atoms with Gasteiger partial charge in [-0.1, -0.05) is 0 Å². The normalized spacial score (nSPS) is 10.6. The van der Waals surface area contributed by atoms with Gasteiger partial charge in [-0.2, -0.15) is 0 Å². The van der Waals surface area contributed by atoms with Crippen LogP contribution in [0.4, 0.5) is 14.5 Å². The third kappa shape index (κ3) is 4.23. The molecule has 0 saturated heterocycles. The number of halogens is 2. The number of amides is 1. The van der Waals surface area contributed by atoms with E-state index in [1.54, 1.807) is 12.1 Å². The van der Waals surface area contributed by atoms with Crippen LogP contribution in [0.15, 0.2) is 53.9 Å². The second-order valence-corrected chi connectivity index (χ2v) is 6.06. The molecule has 3 aromatic rings. The van der Waals surface area contributed by atoms with Crippen LogP contribution < -0.4 is 5.32 Å². The average Bonchev–Trinajstić information content (AvgIpc) is 3.05. The SMILES string of the molecule is O=C(CCc1csc(-c2ccc(F)cc2)n1)Nc1ccc(F)cc1. The third-order valence-corrected chi connectivity index (χ3v) is 4.32. The van der Waals surface area contributed by atoms with Crippen molar-refractivity contribution >= 4 is 22.9 Å². The predicted molar refractivity (Wildman–Crippen MR) is 90.9 cm³/mol. The van der Waals surface area contributed by atoms with E-state index in [-0.39, 0.29) is 24.0 Å². The van der Waals surface area contributed by atoms with Gasteiger partial charge in [0.15, 0.2) is 0 Å². The van der Waals surface area contributed by atoms with Crippen LogP contribution in [-0.4, -0.2) is 10.9 Å². The maximum Gasteiger partial charge on any atom is 0.224 e. The topological polar surface area (TPSA) is 42.0 Å². The Morgan fingerprint density at radius 2 is 1.62 bits per heavy atom. The van der Waals surface area contributed by atoms with E-state index in [9.17, 15) is 13.6 Å². The fraction of sp³-hybridized carbons (Fsp3) is 0.111. The monoisotopic (exact) mass is 344 g/mol. The van der Waals surface area contributed by atoms with Gasteiger partial charge in [-0.05, 0) is 55.0 Å². The van der Waals surface area contributed by atoms with Crippen LogP contribution in [0.1, 0.15) is 12.1 Å². The summed E-state index contributed by atoms with van der Waals surface area (Å²) in [6, 6.07) is 11.8. The summed E-state index contributed by atoms with van der Waals surface area (Å²) in [5.41, 5.74) is 2.23. The summed E-state index contributed by atoms with van der Waals surface area (Å²) in [4.78, 5) is 16.4. The number of benzene rings is 2. The van der Waals surface area contributed by atoms with E-state index >= 15 is 0 Å². The Balaban J connectivity index is 1.56. The van der Waals surface area contributed by atoms with Gasteiger partial charge in [0, 0.05) is 23.1 Å². The number of carbonyl (C=O) groups is 1. The first-order valence-electron chi connectivity index (χ1n) is 7.36. The number of aryl methyl sites for hydroxylation is 1. The molecular formula is C18H14F2N2OS. The smallest absolute Gasteiger partial charge is 0.224 e. The number of anilines is 1. The van der Waals surface area contributed by atoms with Crippen LogP contribution in [0.5, 0.6) is 0 Å². The molecule has 2 aromatic carbocycles. The van der Waals surface area contributed by atoms with E-state index in [0.717, 1.165) is 16.3 Å². The van der Waals surface area contributed by atoms with Crippen LogP contribution in [-0.2, 0) is 11.2 Å². The Bertz CT molecular complexity index is 829. The minimum atomic E-state index is -0.344. The number of nitrogens with one attached hydrogen (secondary N) is 1. The summed E-state index contributed by atoms with van der Waals surface area (Å²) in [6.07, 6.45) is 0.786. The fourth-order valence-electron chi connectivity index (χ4n) is 2.15. The molecule has 0 aliphatic carbocycles. The third-order valence-electron chi connectivity index (χ3n) is 3.38. The van der Waals surface area contributed by atoms with E-state index in [1.165, 1.54) is 47.7 Å². The van der Waals surface area contributed by atoms with E-state index in [2.05, 4.69) is 10.3 Å². The highest BCUT2D eigenvalue weighted by atomic mass is 32.1. The van der Waals surface area contributed by atoms with Gasteiger partial charge < -0.3 is 5.32 Å². The van der Waals surface area contributed by atoms with Gasteiger partial charge in [0.25, 0.3) is 0 Å². The molecule has 1 aromatic heterocycles. The second-order valence-electron chi connectivity index (χ2n) is 5.21. The zero-order valence-electron chi connectivity index (χ0n) is 12.6. The van der Waals surface area contributed by atoms with Crippen molar-refractivity contribution in [2.75, 3.05) is 5.32 Å². The van der Waals surface area contributed by atoms with Crippen molar-refractivity contribution in [2.45, 2.75) is 12.8 Å². The fourth-order valence-corrected chi connectivity index (χ4v) is 3.01. The highest BCUT2D eigenvalue weighted by molar-refractivity contribution is 7.13. The zero-order valence-corrected chi connectivity index (χ0v) is 13.4. The lowest BCUT2D eigenvalue weighted by Crippen LogP contribution is -2.12. The molecule has 0 saturated carbocycles. The highest BCUT2D eigenvalue weighted by Gasteiger charge is 2.08. The Morgan fingerprint density at radius 1 is 1.00 bits per heavy atom. The molecule has 0 atom stereocenters. The van der Waals surface area contributed by atoms with Gasteiger partial charge in [-0.3, -0.25) is 4.79 Å². The summed E-state index contributed by atoms with van der Waals surface area (Å²) in [7, 11) is 0. The average molecular weight is 344 g/mol. The Labute approximate surface area is 142 Å². The zero-order chi connectivity index (χ0) is 16.9. The lowest BCUT2D eigenvalue weighted by molar-refractivity contribution is -0.116. The maximum atomic E-state index is 12.9. The number of aromatic nitrogens is 1. The van der Waals surface area contributed by atoms with E-state index in [4.69, 9.17) is 0 Å². The van der Waals surface area contributed by atoms with E-state index in [1.807, 2.05) is 5.38 Å². The van der Waals surface area contributed by atoms with Crippen molar-refractivity contribution < 1.29 is 13.6 Å². The number of rotatable bonds is 5. The molecule has 24 heavy (non-hydrogen) atoms. The summed E-state index contributed by atoms with van der Waals surface area (Å²) in [5.74, 6) is -0.783. The van der Waals surface area contributed by atoms with Crippen LogP contribution in [0.3, 0.4) is 0 Å². The van der Waals surface area contributed by atoms with Gasteiger partial charge >= 0.3 is 0 Å². The van der Waals surface area contributed by atoms with Crippen molar-refractivity contribution in [3.63, 3.8) is 0 Å². The van der Waals surface area contributed by atoms with Crippen molar-refractivity contribution in [2.24, 2.45) is 0 Å². The largest absolute Gasteiger partial charge is 0.326 e. The molecule has 0 aliphatic rings. The second kappa shape index (κ2) is 7.31. The van der Waals surface area contributed by atoms with Gasteiger partial charge in [0.2, 0.25) is 5.91 Å². The van der Waals surface area contributed by atoms with Crippen molar-refractivity contribution in [3.05, 3.63) is 71.2 Å². The maximum absolute atomic E-state index is 12.9. The first-order valence-corrected chi connectivity index (χ1v) is 8.24. The van der Waals surface area contributed by atoms with Crippen LogP contribution in [0, 0.1) is 11.6 Å². The number of thiazole rings is 1. The lowest BCUT2D eigenvalue weighted by Gasteiger charge is -2.04. The van der Waals surface area contributed by atoms with Crippen LogP contribution in [0.25, 0.3) is 10.6 Å². The summed E-state index contributed by atoms with van der Waals surface area (Å²) >= 11 is 1.46. The molecule has 0 fully saturated rings. The molecule has 122 valence electrons. The molecule has 3 rings (SSSR count). The molecule has 1 amide bonds. The van der Waals surface area contributed by atoms with Crippen LogP contribution >= 0.6 is 11.3 Å². The number of hydrogen-bond acceptors (Lipinski definition) is 3. The van der Waals surface area contributed by atoms with Crippen molar-refractivity contribution in [1.29, 1.82) is 0 Å². The van der Waals surface area contributed by atoms with Gasteiger partial charge in [0.1, 0.15) is 16.6 Å². The predicted octanol–water partition coefficient (Wildman–Crippen LogP) is 4.66. The first-order chi connectivity index (χ1) is 11.6. The number of nitrogens with zero attached hydrogens (tertiary/aromatic N) is 1. The van der Waals surface area contributed by atoms with Gasteiger partial charge in [0.05, 0.1) is 5.69 Å². The molecule has 1 heterocycles. The molecule has 1 N–H and O–H groups in total. The quantitative estimate of drug-likeness (QED) is 0.731. The molecule has 0 aliphatic heterocycles. The molecule has 0 bridgehead atoms. The Morgan fingerprint density at radius 3 is 2.29 bits per heavy atom. The van der Waals surface area contributed by atoms with Crippen molar-refractivity contribution in [3.8, 4) is 10.6 Å². The molecule has 3 nitrogen and oxygen atoms in total. The first kappa shape index (κ1) is 16.3. The highest BCUT2D eigenvalue weighted by Crippen LogP contribution is 2.24. The summed E-state index contributed by atoms with van der Waals surface area (Å²) < 4.78 is 25.8. The minimum Gasteiger partial charge on any atom is -0.326 e. The van der Waals surface area contributed by atoms with Gasteiger partial charge in [-0.25, -0.2) is 13.8 Å². The molecular weight excluding hydrogens is 330 g/mol. The lowest BCUT2D eigenvalue weighted by atomic mass is 10.2. The van der Waals surface area contributed by atoms with E-state index < -0.39 is 0 Å². The summed E-state index contributed by atoms with van der Waals surface area (Å²) in [5, 5.41) is 5.40. The molecule has 6 heteroatoms. The minimum absolute atomic E-state index is 0.155. The number of hydrogen-bond donors (Lipinski definition) is 1. The summed E-state index contributed by atoms with van der Waals surface area (Å²) in [6.45, 7) is 0. The van der Waals surface area contributed by atoms with Gasteiger partial charge in [-0.15, -0.1) is 11.3 Å². The molecule has 0 spiro atoms. The molecule has 0 radical (unpaired) electrons. The Hall–Kier alpha value is -2.60. The molecule has 0 unspecified atom stereocenters. The van der Waals surface area contributed by atoms with Crippen molar-refractivity contribution in [1.82, 2.24) is 4.98 Å². The standard InChI is InChI=1S/C18H14F2N2OS/c19-13-3-1-12(2-4-13)18-22-16(11-24-18)9-10-17(23)21-15-7-5-14(20)6-8-15/h1-8,11H,9-10H2,(H,21,23). The van der Waals surface area contributed by atoms with Crippen LogP contribution in [0.2, 0.25) is 0 Å². The Kier molecular flexibility index (Phi) is 4.96. The number of carbonyl (C=O) groups excluding carboxylic acids is 1.